The molecule has 0 unspecified atom stereocenters. The second-order valence-corrected chi connectivity index (χ2v) is 8.24. The predicted octanol–water partition coefficient (Wildman–Crippen LogP) is 4.23. The number of fused-ring (bicyclic) bond motifs is 1. The Hall–Kier alpha value is -3.85. The zero-order valence-corrected chi connectivity index (χ0v) is 17.8. The van der Waals surface area contributed by atoms with Gasteiger partial charge in [0.25, 0.3) is 0 Å². The van der Waals surface area contributed by atoms with Crippen LogP contribution in [-0.2, 0) is 10.1 Å². The minimum atomic E-state index is -4.19. The molecular weight excluding hydrogens is 439 g/mol. The lowest BCUT2D eigenvalue weighted by molar-refractivity contribution is 0.101. The van der Waals surface area contributed by atoms with Gasteiger partial charge in [-0.25, -0.2) is 4.39 Å². The summed E-state index contributed by atoms with van der Waals surface area (Å²) in [6.07, 6.45) is 1.52. The zero-order chi connectivity index (χ0) is 22.9. The van der Waals surface area contributed by atoms with Crippen LogP contribution >= 0.6 is 0 Å². The van der Waals surface area contributed by atoms with Crippen molar-refractivity contribution in [2.75, 3.05) is 14.2 Å². The van der Waals surface area contributed by atoms with Gasteiger partial charge in [-0.1, -0.05) is 0 Å². The largest absolute Gasteiger partial charge is 0.497 e. The standard InChI is InChI=1S/C23H17FO7S/c1-28-16-6-3-14(20(12-16)29-2)11-22-23(25)19-10-7-17(13-21(19)30-22)31-32(26,27)18-8-4-15(24)5-9-18/h3-13H,1-2H3. The molecule has 1 heterocycles. The Labute approximate surface area is 183 Å². The van der Waals surface area contributed by atoms with Gasteiger partial charge in [-0.15, -0.1) is 0 Å². The molecule has 0 saturated heterocycles. The van der Waals surface area contributed by atoms with Gasteiger partial charge < -0.3 is 18.4 Å². The van der Waals surface area contributed by atoms with Gasteiger partial charge in [-0.2, -0.15) is 8.42 Å². The number of benzene rings is 3. The van der Waals surface area contributed by atoms with Crippen LogP contribution in [0.3, 0.4) is 0 Å². The Balaban J connectivity index is 1.60. The fraction of sp³-hybridized carbons (Fsp3) is 0.0870. The van der Waals surface area contributed by atoms with E-state index in [1.165, 1.54) is 38.5 Å². The van der Waals surface area contributed by atoms with E-state index in [1.54, 1.807) is 18.2 Å². The van der Waals surface area contributed by atoms with Gasteiger partial charge in [0.2, 0.25) is 5.78 Å². The molecule has 0 atom stereocenters. The monoisotopic (exact) mass is 456 g/mol. The van der Waals surface area contributed by atoms with E-state index in [0.29, 0.717) is 17.1 Å². The minimum absolute atomic E-state index is 0.0435. The number of hydrogen-bond donors (Lipinski definition) is 0. The van der Waals surface area contributed by atoms with Crippen molar-refractivity contribution in [3.05, 3.63) is 83.4 Å². The average molecular weight is 456 g/mol. The number of carbonyl (C=O) groups excluding carboxylic acids is 1. The second kappa shape index (κ2) is 8.35. The minimum Gasteiger partial charge on any atom is -0.497 e. The van der Waals surface area contributed by atoms with Gasteiger partial charge in [0.15, 0.2) is 5.76 Å². The first-order valence-electron chi connectivity index (χ1n) is 9.31. The number of hydrogen-bond acceptors (Lipinski definition) is 7. The first kappa shape index (κ1) is 21.4. The average Bonchev–Trinajstić information content (AvgIpc) is 3.08. The van der Waals surface area contributed by atoms with Crippen LogP contribution in [0.1, 0.15) is 15.9 Å². The number of ketones is 1. The molecule has 1 aliphatic heterocycles. The molecule has 9 heteroatoms. The van der Waals surface area contributed by atoms with Gasteiger partial charge in [-0.3, -0.25) is 4.79 Å². The van der Waals surface area contributed by atoms with E-state index < -0.39 is 15.9 Å². The van der Waals surface area contributed by atoms with Crippen molar-refractivity contribution >= 4 is 22.0 Å². The molecule has 0 saturated carbocycles. The normalized spacial score (nSPS) is 14.1. The number of rotatable bonds is 6. The molecule has 0 bridgehead atoms. The first-order chi connectivity index (χ1) is 15.3. The molecule has 32 heavy (non-hydrogen) atoms. The molecule has 0 N–H and O–H groups in total. The summed E-state index contributed by atoms with van der Waals surface area (Å²) < 4.78 is 59.2. The highest BCUT2D eigenvalue weighted by atomic mass is 32.2. The van der Waals surface area contributed by atoms with E-state index in [2.05, 4.69) is 0 Å². The summed E-state index contributed by atoms with van der Waals surface area (Å²) in [4.78, 5) is 12.5. The molecule has 0 aromatic heterocycles. The molecule has 0 radical (unpaired) electrons. The molecule has 1 aliphatic rings. The van der Waals surface area contributed by atoms with E-state index in [9.17, 15) is 17.6 Å². The Morgan fingerprint density at radius 1 is 0.906 bits per heavy atom. The summed E-state index contributed by atoms with van der Waals surface area (Å²) in [5.74, 6) is 0.285. The van der Waals surface area contributed by atoms with Crippen LogP contribution in [0, 0.1) is 5.82 Å². The van der Waals surface area contributed by atoms with Crippen LogP contribution < -0.4 is 18.4 Å². The van der Waals surface area contributed by atoms with Gasteiger partial charge in [0.1, 0.15) is 33.7 Å². The van der Waals surface area contributed by atoms with Crippen LogP contribution in [-0.4, -0.2) is 28.4 Å². The van der Waals surface area contributed by atoms with E-state index in [4.69, 9.17) is 18.4 Å². The summed E-state index contributed by atoms with van der Waals surface area (Å²) in [6, 6.07) is 13.4. The maximum absolute atomic E-state index is 13.1. The molecular formula is C23H17FO7S. The van der Waals surface area contributed by atoms with E-state index in [-0.39, 0.29) is 33.5 Å². The zero-order valence-electron chi connectivity index (χ0n) is 17.0. The van der Waals surface area contributed by atoms with Crippen molar-refractivity contribution in [1.29, 1.82) is 0 Å². The number of ether oxygens (including phenoxy) is 3. The molecule has 0 aliphatic carbocycles. The molecule has 3 aromatic rings. The molecule has 0 spiro atoms. The van der Waals surface area contributed by atoms with Crippen molar-refractivity contribution in [1.82, 2.24) is 0 Å². The number of methoxy groups -OCH3 is 2. The SMILES string of the molecule is COc1ccc(C=C2Oc3cc(OS(=O)(=O)c4ccc(F)cc4)ccc3C2=O)c(OC)c1. The van der Waals surface area contributed by atoms with Gasteiger partial charge in [0.05, 0.1) is 19.8 Å². The van der Waals surface area contributed by atoms with Crippen molar-refractivity contribution in [2.24, 2.45) is 0 Å². The second-order valence-electron chi connectivity index (χ2n) is 6.70. The summed E-state index contributed by atoms with van der Waals surface area (Å²) >= 11 is 0. The van der Waals surface area contributed by atoms with Crippen LogP contribution in [0.2, 0.25) is 0 Å². The third-order valence-corrected chi connectivity index (χ3v) is 5.94. The Kier molecular flexibility index (Phi) is 5.58. The topological polar surface area (TPSA) is 88.1 Å². The van der Waals surface area contributed by atoms with Crippen molar-refractivity contribution in [2.45, 2.75) is 4.90 Å². The van der Waals surface area contributed by atoms with Crippen molar-refractivity contribution < 1.29 is 36.0 Å². The summed E-state index contributed by atoms with van der Waals surface area (Å²) in [5.41, 5.74) is 0.857. The van der Waals surface area contributed by atoms with Crippen molar-refractivity contribution in [3.8, 4) is 23.0 Å². The Morgan fingerprint density at radius 2 is 1.62 bits per heavy atom. The summed E-state index contributed by atoms with van der Waals surface area (Å²) in [6.45, 7) is 0. The number of carbonyl (C=O) groups is 1. The fourth-order valence-electron chi connectivity index (χ4n) is 3.07. The number of Topliss-reactive ketones (excluding diaryl/α,β-unsaturated/α-hetero) is 1. The van der Waals surface area contributed by atoms with Gasteiger partial charge >= 0.3 is 10.1 Å². The Morgan fingerprint density at radius 3 is 2.31 bits per heavy atom. The first-order valence-corrected chi connectivity index (χ1v) is 10.7. The summed E-state index contributed by atoms with van der Waals surface area (Å²) in [7, 11) is -1.16. The van der Waals surface area contributed by atoms with Gasteiger partial charge in [0, 0.05) is 17.7 Å². The maximum atomic E-state index is 13.1. The molecule has 0 fully saturated rings. The smallest absolute Gasteiger partial charge is 0.339 e. The summed E-state index contributed by atoms with van der Waals surface area (Å²) in [5, 5.41) is 0. The lowest BCUT2D eigenvalue weighted by Gasteiger charge is -2.08. The molecule has 164 valence electrons. The molecule has 3 aromatic carbocycles. The third kappa shape index (κ3) is 4.15. The molecule has 7 nitrogen and oxygen atoms in total. The predicted molar refractivity (Wildman–Crippen MR) is 113 cm³/mol. The van der Waals surface area contributed by atoms with Crippen molar-refractivity contribution in [3.63, 3.8) is 0 Å². The highest BCUT2D eigenvalue weighted by Crippen LogP contribution is 2.37. The van der Waals surface area contributed by atoms with Crippen LogP contribution in [0.4, 0.5) is 4.39 Å². The quantitative estimate of drug-likeness (QED) is 0.405. The maximum Gasteiger partial charge on any atom is 0.339 e. The van der Waals surface area contributed by atoms with Crippen LogP contribution in [0.5, 0.6) is 23.0 Å². The lowest BCUT2D eigenvalue weighted by atomic mass is 10.1. The highest BCUT2D eigenvalue weighted by molar-refractivity contribution is 7.87. The molecule has 4 rings (SSSR count). The van der Waals surface area contributed by atoms with Crippen LogP contribution in [0.25, 0.3) is 6.08 Å². The highest BCUT2D eigenvalue weighted by Gasteiger charge is 2.29. The number of halogens is 1. The molecule has 0 amide bonds. The van der Waals surface area contributed by atoms with Gasteiger partial charge in [-0.05, 0) is 54.6 Å². The fourth-order valence-corrected chi connectivity index (χ4v) is 4.00. The van der Waals surface area contributed by atoms with E-state index in [1.807, 2.05) is 0 Å². The van der Waals surface area contributed by atoms with Crippen LogP contribution in [0.15, 0.2) is 71.3 Å². The Bertz CT molecular complexity index is 1330. The van der Waals surface area contributed by atoms with E-state index in [0.717, 1.165) is 24.3 Å². The lowest BCUT2D eigenvalue weighted by Crippen LogP contribution is -2.09. The van der Waals surface area contributed by atoms with E-state index >= 15 is 0 Å². The number of allylic oxidation sites excluding steroid dienone is 1. The third-order valence-electron chi connectivity index (χ3n) is 4.68.